The van der Waals surface area contributed by atoms with E-state index in [-0.39, 0.29) is 5.84 Å². The Bertz CT molecular complexity index is 504. The first kappa shape index (κ1) is 15.7. The summed E-state index contributed by atoms with van der Waals surface area (Å²) in [6.07, 6.45) is 2.57. The predicted octanol–water partition coefficient (Wildman–Crippen LogP) is 1.78. The molecule has 0 unspecified atom stereocenters. The Hall–Kier alpha value is -1.66. The van der Waals surface area contributed by atoms with Crippen molar-refractivity contribution < 1.29 is 14.3 Å². The Morgan fingerprint density at radius 2 is 2.24 bits per heavy atom. The summed E-state index contributed by atoms with van der Waals surface area (Å²) in [5, 5.41) is 11.6. The van der Waals surface area contributed by atoms with Gasteiger partial charge in [0.2, 0.25) is 0 Å². The van der Waals surface area contributed by atoms with Gasteiger partial charge in [0.15, 0.2) is 5.84 Å². The van der Waals surface area contributed by atoms with Crippen LogP contribution in [0.15, 0.2) is 23.4 Å². The molecule has 0 radical (unpaired) electrons. The SMILES string of the molecule is CN(CCOCC1CC1)Cc1cc(F)cc(/C(N)=N/O)c1. The van der Waals surface area contributed by atoms with Crippen LogP contribution in [0.3, 0.4) is 0 Å². The number of halogens is 1. The molecule has 0 saturated heterocycles. The minimum atomic E-state index is -0.396. The number of benzene rings is 1. The Morgan fingerprint density at radius 3 is 2.90 bits per heavy atom. The molecule has 0 atom stereocenters. The van der Waals surface area contributed by atoms with Crippen LogP contribution in [0.1, 0.15) is 24.0 Å². The fourth-order valence-electron chi connectivity index (χ4n) is 2.09. The van der Waals surface area contributed by atoms with Crippen LogP contribution in [0.4, 0.5) is 4.39 Å². The van der Waals surface area contributed by atoms with E-state index in [0.29, 0.717) is 18.7 Å². The summed E-state index contributed by atoms with van der Waals surface area (Å²) in [5.74, 6) is 0.278. The maximum Gasteiger partial charge on any atom is 0.170 e. The van der Waals surface area contributed by atoms with Crippen molar-refractivity contribution >= 4 is 5.84 Å². The molecule has 0 heterocycles. The van der Waals surface area contributed by atoms with Gasteiger partial charge < -0.3 is 15.7 Å². The number of nitrogens with zero attached hydrogens (tertiary/aromatic N) is 2. The highest BCUT2D eigenvalue weighted by Crippen LogP contribution is 2.28. The third-order valence-corrected chi connectivity index (χ3v) is 3.48. The lowest BCUT2D eigenvalue weighted by atomic mass is 10.1. The van der Waals surface area contributed by atoms with Crippen LogP contribution in [0.5, 0.6) is 0 Å². The maximum absolute atomic E-state index is 13.5. The Morgan fingerprint density at radius 1 is 1.48 bits per heavy atom. The fraction of sp³-hybridized carbons (Fsp3) is 0.533. The highest BCUT2D eigenvalue weighted by molar-refractivity contribution is 5.97. The van der Waals surface area contributed by atoms with Crippen LogP contribution in [0.2, 0.25) is 0 Å². The van der Waals surface area contributed by atoms with Gasteiger partial charge in [-0.3, -0.25) is 4.90 Å². The second kappa shape index (κ2) is 7.38. The van der Waals surface area contributed by atoms with Crippen molar-refractivity contribution in [2.45, 2.75) is 19.4 Å². The molecule has 21 heavy (non-hydrogen) atoms. The fourth-order valence-corrected chi connectivity index (χ4v) is 2.09. The molecular formula is C15H22FN3O2. The average Bonchev–Trinajstić information content (AvgIpc) is 3.26. The molecule has 0 bridgehead atoms. The lowest BCUT2D eigenvalue weighted by Crippen LogP contribution is -2.23. The van der Waals surface area contributed by atoms with Gasteiger partial charge in [-0.25, -0.2) is 4.39 Å². The van der Waals surface area contributed by atoms with Crippen molar-refractivity contribution in [2.24, 2.45) is 16.8 Å². The molecule has 2 rings (SSSR count). The third kappa shape index (κ3) is 5.32. The first-order chi connectivity index (χ1) is 10.1. The second-order valence-electron chi connectivity index (χ2n) is 5.59. The van der Waals surface area contributed by atoms with Crippen molar-refractivity contribution in [1.82, 2.24) is 4.90 Å². The molecule has 1 aliphatic rings. The molecule has 116 valence electrons. The highest BCUT2D eigenvalue weighted by Gasteiger charge is 2.20. The smallest absolute Gasteiger partial charge is 0.170 e. The molecule has 1 aromatic rings. The van der Waals surface area contributed by atoms with Gasteiger partial charge in [-0.2, -0.15) is 0 Å². The zero-order valence-corrected chi connectivity index (χ0v) is 12.3. The summed E-state index contributed by atoms with van der Waals surface area (Å²) in [4.78, 5) is 2.05. The van der Waals surface area contributed by atoms with Crippen molar-refractivity contribution in [2.75, 3.05) is 26.8 Å². The first-order valence-electron chi connectivity index (χ1n) is 7.12. The number of oxime groups is 1. The molecule has 3 N–H and O–H groups in total. The van der Waals surface area contributed by atoms with Gasteiger partial charge in [-0.1, -0.05) is 5.16 Å². The topological polar surface area (TPSA) is 71.1 Å². The zero-order chi connectivity index (χ0) is 15.2. The van der Waals surface area contributed by atoms with Gasteiger partial charge in [-0.15, -0.1) is 0 Å². The van der Waals surface area contributed by atoms with Gasteiger partial charge in [0.1, 0.15) is 5.82 Å². The number of ether oxygens (including phenoxy) is 1. The van der Waals surface area contributed by atoms with E-state index in [1.807, 2.05) is 7.05 Å². The van der Waals surface area contributed by atoms with Crippen LogP contribution in [-0.2, 0) is 11.3 Å². The largest absolute Gasteiger partial charge is 0.409 e. The van der Waals surface area contributed by atoms with Crippen molar-refractivity contribution in [1.29, 1.82) is 0 Å². The number of hydrogen-bond acceptors (Lipinski definition) is 4. The summed E-state index contributed by atoms with van der Waals surface area (Å²) in [6, 6.07) is 4.42. The molecule has 0 aromatic heterocycles. The number of rotatable bonds is 8. The molecule has 0 spiro atoms. The van der Waals surface area contributed by atoms with Crippen LogP contribution in [0.25, 0.3) is 0 Å². The van der Waals surface area contributed by atoms with Crippen molar-refractivity contribution in [3.05, 3.63) is 35.1 Å². The minimum Gasteiger partial charge on any atom is -0.409 e. The Labute approximate surface area is 124 Å². The molecular weight excluding hydrogens is 273 g/mol. The quantitative estimate of drug-likeness (QED) is 0.252. The molecule has 6 heteroatoms. The molecule has 5 nitrogen and oxygen atoms in total. The van der Waals surface area contributed by atoms with Crippen LogP contribution in [-0.4, -0.2) is 42.7 Å². The normalized spacial score (nSPS) is 15.7. The molecule has 1 saturated carbocycles. The number of nitrogens with two attached hydrogens (primary N) is 1. The van der Waals surface area contributed by atoms with Crippen LogP contribution < -0.4 is 5.73 Å². The lowest BCUT2D eigenvalue weighted by molar-refractivity contribution is 0.102. The monoisotopic (exact) mass is 295 g/mol. The predicted molar refractivity (Wildman–Crippen MR) is 78.8 cm³/mol. The van der Waals surface area contributed by atoms with Gasteiger partial charge in [0.25, 0.3) is 0 Å². The average molecular weight is 295 g/mol. The van der Waals surface area contributed by atoms with E-state index < -0.39 is 5.82 Å². The zero-order valence-electron chi connectivity index (χ0n) is 12.3. The molecule has 0 aliphatic heterocycles. The van der Waals surface area contributed by atoms with Crippen molar-refractivity contribution in [3.8, 4) is 0 Å². The molecule has 1 fully saturated rings. The van der Waals surface area contributed by atoms with Gasteiger partial charge in [-0.05, 0) is 49.6 Å². The van der Waals surface area contributed by atoms with E-state index in [2.05, 4.69) is 10.1 Å². The van der Waals surface area contributed by atoms with E-state index in [1.54, 1.807) is 6.07 Å². The number of likely N-dealkylation sites (N-methyl/N-ethyl adjacent to an activating group) is 1. The number of hydrogen-bond donors (Lipinski definition) is 2. The maximum atomic E-state index is 13.5. The first-order valence-corrected chi connectivity index (χ1v) is 7.12. The third-order valence-electron chi connectivity index (χ3n) is 3.48. The standard InChI is InChI=1S/C15H22FN3O2/c1-19(4-5-21-10-11-2-3-11)9-12-6-13(15(17)18-20)8-14(16)7-12/h6-8,11,20H,2-5,9-10H2,1H3,(H2,17,18). The van der Waals surface area contributed by atoms with E-state index in [4.69, 9.17) is 15.7 Å². The number of amidine groups is 1. The summed E-state index contributed by atoms with van der Waals surface area (Å²) in [6.45, 7) is 2.88. The Kier molecular flexibility index (Phi) is 5.52. The van der Waals surface area contributed by atoms with E-state index in [0.717, 1.165) is 24.6 Å². The lowest BCUT2D eigenvalue weighted by Gasteiger charge is -2.17. The summed E-state index contributed by atoms with van der Waals surface area (Å²) in [7, 11) is 1.95. The van der Waals surface area contributed by atoms with Crippen molar-refractivity contribution in [3.63, 3.8) is 0 Å². The highest BCUT2D eigenvalue weighted by atomic mass is 19.1. The van der Waals surface area contributed by atoms with E-state index in [1.165, 1.54) is 25.0 Å². The molecule has 0 amide bonds. The second-order valence-corrected chi connectivity index (χ2v) is 5.59. The molecule has 1 aromatic carbocycles. The van der Waals surface area contributed by atoms with Gasteiger partial charge in [0.05, 0.1) is 6.61 Å². The Balaban J connectivity index is 1.84. The summed E-state index contributed by atoms with van der Waals surface area (Å²) in [5.41, 5.74) is 6.65. The summed E-state index contributed by atoms with van der Waals surface area (Å²) >= 11 is 0. The van der Waals surface area contributed by atoms with E-state index >= 15 is 0 Å². The minimum absolute atomic E-state index is 0.0915. The van der Waals surface area contributed by atoms with Crippen LogP contribution >= 0.6 is 0 Å². The molecule has 1 aliphatic carbocycles. The van der Waals surface area contributed by atoms with Gasteiger partial charge in [0, 0.05) is 25.3 Å². The van der Waals surface area contributed by atoms with Crippen LogP contribution in [0, 0.1) is 11.7 Å². The van der Waals surface area contributed by atoms with Gasteiger partial charge >= 0.3 is 0 Å². The summed E-state index contributed by atoms with van der Waals surface area (Å²) < 4.78 is 19.1. The van der Waals surface area contributed by atoms with E-state index in [9.17, 15) is 4.39 Å².